The maximum absolute atomic E-state index is 3.87. The molecule has 1 unspecified atom stereocenters. The van der Waals surface area contributed by atoms with Crippen LogP contribution in [0.4, 0.5) is 0 Å². The van der Waals surface area contributed by atoms with E-state index >= 15 is 0 Å². The van der Waals surface area contributed by atoms with Gasteiger partial charge in [-0.2, -0.15) is 0 Å². The first-order chi connectivity index (χ1) is 9.24. The summed E-state index contributed by atoms with van der Waals surface area (Å²) in [7, 11) is 0. The number of hydrogen-bond donors (Lipinski definition) is 1. The van der Waals surface area contributed by atoms with Crippen LogP contribution < -0.4 is 5.32 Å². The summed E-state index contributed by atoms with van der Waals surface area (Å²) in [5.41, 5.74) is 0. The van der Waals surface area contributed by atoms with Crippen molar-refractivity contribution in [3.63, 3.8) is 0 Å². The van der Waals surface area contributed by atoms with Crippen LogP contribution in [0.15, 0.2) is 0 Å². The fraction of sp³-hybridized carbons (Fsp3) is 1.00. The highest BCUT2D eigenvalue weighted by Gasteiger charge is 2.19. The van der Waals surface area contributed by atoms with E-state index in [1.54, 1.807) is 0 Å². The van der Waals surface area contributed by atoms with Crippen LogP contribution in [-0.4, -0.2) is 12.1 Å². The van der Waals surface area contributed by atoms with E-state index in [2.05, 4.69) is 26.1 Å². The van der Waals surface area contributed by atoms with Crippen LogP contribution in [0.2, 0.25) is 0 Å². The molecule has 0 spiro atoms. The first kappa shape index (κ1) is 17.0. The monoisotopic (exact) mass is 267 g/mol. The highest BCUT2D eigenvalue weighted by molar-refractivity contribution is 4.77. The SMILES string of the molecule is CCCCCCCC(C)N[C@H](C)C1CCCCCC1. The second-order valence-corrected chi connectivity index (χ2v) is 6.81. The Kier molecular flexibility index (Phi) is 9.59. The number of unbranched alkanes of at least 4 members (excludes halogenated alkanes) is 4. The zero-order chi connectivity index (χ0) is 13.9. The third kappa shape index (κ3) is 7.97. The Morgan fingerprint density at radius 1 is 0.895 bits per heavy atom. The normalized spacial score (nSPS) is 21.0. The average Bonchev–Trinajstić information content (AvgIpc) is 2.67. The van der Waals surface area contributed by atoms with Gasteiger partial charge in [0.05, 0.1) is 0 Å². The molecule has 0 aromatic carbocycles. The Bertz CT molecular complexity index is 194. The largest absolute Gasteiger partial charge is 0.312 e. The molecule has 1 aliphatic rings. The van der Waals surface area contributed by atoms with Crippen molar-refractivity contribution in [1.82, 2.24) is 5.32 Å². The van der Waals surface area contributed by atoms with Crippen molar-refractivity contribution in [2.24, 2.45) is 5.92 Å². The molecule has 1 fully saturated rings. The summed E-state index contributed by atoms with van der Waals surface area (Å²) < 4.78 is 0. The first-order valence-electron chi connectivity index (χ1n) is 9.00. The first-order valence-corrected chi connectivity index (χ1v) is 9.00. The van der Waals surface area contributed by atoms with Crippen LogP contribution in [0, 0.1) is 5.92 Å². The number of nitrogens with one attached hydrogen (secondary N) is 1. The predicted molar refractivity (Wildman–Crippen MR) is 86.6 cm³/mol. The van der Waals surface area contributed by atoms with Crippen LogP contribution in [0.3, 0.4) is 0 Å². The van der Waals surface area contributed by atoms with Gasteiger partial charge in [0.2, 0.25) is 0 Å². The van der Waals surface area contributed by atoms with Crippen molar-refractivity contribution in [3.05, 3.63) is 0 Å². The average molecular weight is 268 g/mol. The smallest absolute Gasteiger partial charge is 0.00694 e. The van der Waals surface area contributed by atoms with Gasteiger partial charge in [-0.15, -0.1) is 0 Å². The fourth-order valence-corrected chi connectivity index (χ4v) is 3.53. The summed E-state index contributed by atoms with van der Waals surface area (Å²) in [6.45, 7) is 7.09. The minimum atomic E-state index is 0.708. The summed E-state index contributed by atoms with van der Waals surface area (Å²) in [5.74, 6) is 0.935. The third-order valence-electron chi connectivity index (χ3n) is 4.90. The molecule has 1 aliphatic carbocycles. The van der Waals surface area contributed by atoms with Crippen LogP contribution in [0.5, 0.6) is 0 Å². The lowest BCUT2D eigenvalue weighted by Crippen LogP contribution is -2.39. The Hall–Kier alpha value is -0.0400. The number of hydrogen-bond acceptors (Lipinski definition) is 1. The molecule has 0 aliphatic heterocycles. The molecule has 0 amide bonds. The Morgan fingerprint density at radius 2 is 1.53 bits per heavy atom. The maximum atomic E-state index is 3.87. The van der Waals surface area contributed by atoms with Gasteiger partial charge >= 0.3 is 0 Å². The van der Waals surface area contributed by atoms with Crippen LogP contribution in [0.1, 0.15) is 97.8 Å². The van der Waals surface area contributed by atoms with Gasteiger partial charge in [0, 0.05) is 12.1 Å². The zero-order valence-electron chi connectivity index (χ0n) is 13.7. The van der Waals surface area contributed by atoms with Crippen LogP contribution >= 0.6 is 0 Å². The molecular weight excluding hydrogens is 230 g/mol. The minimum Gasteiger partial charge on any atom is -0.312 e. The molecule has 0 aromatic heterocycles. The summed E-state index contributed by atoms with van der Waals surface area (Å²) in [6, 6.07) is 1.43. The van der Waals surface area contributed by atoms with Gasteiger partial charge in [-0.25, -0.2) is 0 Å². The van der Waals surface area contributed by atoms with E-state index in [4.69, 9.17) is 0 Å². The Labute approximate surface area is 121 Å². The molecule has 0 aromatic rings. The van der Waals surface area contributed by atoms with Crippen molar-refractivity contribution in [1.29, 1.82) is 0 Å². The highest BCUT2D eigenvalue weighted by Crippen LogP contribution is 2.25. The summed E-state index contributed by atoms with van der Waals surface area (Å²) in [4.78, 5) is 0. The summed E-state index contributed by atoms with van der Waals surface area (Å²) in [6.07, 6.45) is 17.2. The van der Waals surface area contributed by atoms with E-state index in [9.17, 15) is 0 Å². The van der Waals surface area contributed by atoms with Crippen molar-refractivity contribution >= 4 is 0 Å². The molecule has 0 heterocycles. The van der Waals surface area contributed by atoms with Gasteiger partial charge < -0.3 is 5.32 Å². The molecule has 1 saturated carbocycles. The van der Waals surface area contributed by atoms with Crippen molar-refractivity contribution < 1.29 is 0 Å². The second kappa shape index (κ2) is 10.7. The van der Waals surface area contributed by atoms with Crippen molar-refractivity contribution in [2.45, 2.75) is 110 Å². The fourth-order valence-electron chi connectivity index (χ4n) is 3.53. The standard InChI is InChI=1S/C18H37N/c1-4-5-6-7-10-13-16(2)19-17(3)18-14-11-8-9-12-15-18/h16-19H,4-15H2,1-3H3/t16?,17-/m1/s1. The molecule has 0 bridgehead atoms. The van der Waals surface area contributed by atoms with Gasteiger partial charge in [0.1, 0.15) is 0 Å². The van der Waals surface area contributed by atoms with Crippen LogP contribution in [0.25, 0.3) is 0 Å². The molecule has 0 saturated heterocycles. The topological polar surface area (TPSA) is 12.0 Å². The molecule has 0 radical (unpaired) electrons. The third-order valence-corrected chi connectivity index (χ3v) is 4.90. The molecular formula is C18H37N. The molecule has 114 valence electrons. The van der Waals surface area contributed by atoms with Crippen molar-refractivity contribution in [2.75, 3.05) is 0 Å². The lowest BCUT2D eigenvalue weighted by molar-refractivity contribution is 0.306. The Morgan fingerprint density at radius 3 is 2.16 bits per heavy atom. The van der Waals surface area contributed by atoms with Crippen molar-refractivity contribution in [3.8, 4) is 0 Å². The minimum absolute atomic E-state index is 0.708. The zero-order valence-corrected chi connectivity index (χ0v) is 13.7. The van der Waals surface area contributed by atoms with E-state index in [1.165, 1.54) is 77.0 Å². The lowest BCUT2D eigenvalue weighted by Gasteiger charge is -2.27. The molecule has 1 nitrogen and oxygen atoms in total. The highest BCUT2D eigenvalue weighted by atomic mass is 14.9. The van der Waals surface area contributed by atoms with Gasteiger partial charge in [0.25, 0.3) is 0 Å². The predicted octanol–water partition coefficient (Wildman–Crippen LogP) is 5.68. The molecule has 2 atom stereocenters. The van der Waals surface area contributed by atoms with E-state index in [-0.39, 0.29) is 0 Å². The van der Waals surface area contributed by atoms with Gasteiger partial charge in [-0.3, -0.25) is 0 Å². The second-order valence-electron chi connectivity index (χ2n) is 6.81. The van der Waals surface area contributed by atoms with Gasteiger partial charge in [-0.05, 0) is 39.0 Å². The quantitative estimate of drug-likeness (QED) is 0.418. The van der Waals surface area contributed by atoms with E-state index in [0.29, 0.717) is 6.04 Å². The summed E-state index contributed by atoms with van der Waals surface area (Å²) in [5, 5.41) is 3.87. The Balaban J connectivity index is 2.10. The maximum Gasteiger partial charge on any atom is 0.00694 e. The number of rotatable bonds is 9. The molecule has 1 N–H and O–H groups in total. The summed E-state index contributed by atoms with van der Waals surface area (Å²) >= 11 is 0. The van der Waals surface area contributed by atoms with Gasteiger partial charge in [0.15, 0.2) is 0 Å². The van der Waals surface area contributed by atoms with E-state index in [1.807, 2.05) is 0 Å². The van der Waals surface area contributed by atoms with Crippen LogP contribution in [-0.2, 0) is 0 Å². The lowest BCUT2D eigenvalue weighted by atomic mass is 9.92. The van der Waals surface area contributed by atoms with Gasteiger partial charge in [-0.1, -0.05) is 64.7 Å². The van der Waals surface area contributed by atoms with E-state index < -0.39 is 0 Å². The van der Waals surface area contributed by atoms with E-state index in [0.717, 1.165) is 12.0 Å². The molecule has 1 rings (SSSR count). The molecule has 19 heavy (non-hydrogen) atoms. The molecule has 1 heteroatoms.